The highest BCUT2D eigenvalue weighted by molar-refractivity contribution is 7.19. The third-order valence-corrected chi connectivity index (χ3v) is 4.06. The zero-order chi connectivity index (χ0) is 14.4. The Kier molecular flexibility index (Phi) is 2.48. The lowest BCUT2D eigenvalue weighted by Crippen LogP contribution is -1.98. The molecule has 4 rings (SSSR count). The van der Waals surface area contributed by atoms with Gasteiger partial charge in [0.05, 0.1) is 11.8 Å². The van der Waals surface area contributed by atoms with Crippen LogP contribution in [0.1, 0.15) is 0 Å². The normalized spacial score (nSPS) is 11.3. The first-order valence-electron chi connectivity index (χ1n) is 6.14. The number of nitrogens with two attached hydrogens (primary N) is 1. The second kappa shape index (κ2) is 4.35. The SMILES string of the molecule is Cn1ncc(-c2nn3c(-c4cccnc4)nnc3s2)c1N. The Morgan fingerprint density at radius 3 is 2.86 bits per heavy atom. The van der Waals surface area contributed by atoms with Gasteiger partial charge < -0.3 is 5.73 Å². The minimum atomic E-state index is 0.572. The lowest BCUT2D eigenvalue weighted by Gasteiger charge is -1.96. The third-order valence-electron chi connectivity index (χ3n) is 3.13. The number of rotatable bonds is 2. The van der Waals surface area contributed by atoms with Gasteiger partial charge in [-0.15, -0.1) is 10.2 Å². The summed E-state index contributed by atoms with van der Waals surface area (Å²) in [6.45, 7) is 0. The smallest absolute Gasteiger partial charge is 0.235 e. The van der Waals surface area contributed by atoms with E-state index in [-0.39, 0.29) is 0 Å². The van der Waals surface area contributed by atoms with E-state index in [1.807, 2.05) is 12.1 Å². The Labute approximate surface area is 122 Å². The van der Waals surface area contributed by atoms with Gasteiger partial charge in [0, 0.05) is 25.0 Å². The van der Waals surface area contributed by atoms with Gasteiger partial charge in [-0.2, -0.15) is 14.7 Å². The van der Waals surface area contributed by atoms with Gasteiger partial charge in [-0.25, -0.2) is 0 Å². The van der Waals surface area contributed by atoms with Crippen molar-refractivity contribution in [1.29, 1.82) is 0 Å². The first-order valence-corrected chi connectivity index (χ1v) is 6.96. The van der Waals surface area contributed by atoms with Crippen LogP contribution in [0.4, 0.5) is 5.82 Å². The molecule has 4 aromatic heterocycles. The lowest BCUT2D eigenvalue weighted by molar-refractivity contribution is 0.779. The molecule has 0 aliphatic carbocycles. The fourth-order valence-electron chi connectivity index (χ4n) is 2.01. The topological polar surface area (TPSA) is 99.8 Å². The molecule has 8 nitrogen and oxygen atoms in total. The highest BCUT2D eigenvalue weighted by Gasteiger charge is 2.17. The van der Waals surface area contributed by atoms with E-state index in [0.717, 1.165) is 16.1 Å². The number of aryl methyl sites for hydroxylation is 1. The number of pyridine rings is 1. The van der Waals surface area contributed by atoms with E-state index in [1.54, 1.807) is 34.8 Å². The van der Waals surface area contributed by atoms with Crippen LogP contribution in [0.25, 0.3) is 26.9 Å². The molecule has 0 aliphatic rings. The molecule has 0 spiro atoms. The number of anilines is 1. The van der Waals surface area contributed by atoms with Gasteiger partial charge in [-0.1, -0.05) is 11.3 Å². The Hall–Kier alpha value is -2.81. The molecule has 0 radical (unpaired) electrons. The van der Waals surface area contributed by atoms with E-state index in [2.05, 4.69) is 25.4 Å². The summed E-state index contributed by atoms with van der Waals surface area (Å²) in [6.07, 6.45) is 5.14. The van der Waals surface area contributed by atoms with Crippen LogP contribution in [-0.2, 0) is 7.05 Å². The first kappa shape index (κ1) is 12.0. The van der Waals surface area contributed by atoms with E-state index in [1.165, 1.54) is 11.3 Å². The van der Waals surface area contributed by atoms with Gasteiger partial charge in [0.25, 0.3) is 0 Å². The molecule has 4 aromatic rings. The maximum atomic E-state index is 5.99. The van der Waals surface area contributed by atoms with Crippen LogP contribution in [-0.4, -0.2) is 34.6 Å². The Morgan fingerprint density at radius 1 is 1.24 bits per heavy atom. The number of hydrogen-bond acceptors (Lipinski definition) is 7. The molecule has 0 saturated carbocycles. The van der Waals surface area contributed by atoms with Gasteiger partial charge in [0.1, 0.15) is 5.82 Å². The Balaban J connectivity index is 1.89. The lowest BCUT2D eigenvalue weighted by atomic mass is 10.3. The van der Waals surface area contributed by atoms with Crippen molar-refractivity contribution in [3.05, 3.63) is 30.7 Å². The van der Waals surface area contributed by atoms with Crippen LogP contribution in [0.5, 0.6) is 0 Å². The van der Waals surface area contributed by atoms with Gasteiger partial charge >= 0.3 is 0 Å². The van der Waals surface area contributed by atoms with Crippen LogP contribution in [0.15, 0.2) is 30.7 Å². The quantitative estimate of drug-likeness (QED) is 0.597. The van der Waals surface area contributed by atoms with E-state index in [0.29, 0.717) is 16.6 Å². The van der Waals surface area contributed by atoms with Crippen molar-refractivity contribution in [2.45, 2.75) is 0 Å². The number of nitrogens with zero attached hydrogens (tertiary/aromatic N) is 7. The summed E-state index contributed by atoms with van der Waals surface area (Å²) in [5, 5.41) is 17.7. The highest BCUT2D eigenvalue weighted by atomic mass is 32.1. The van der Waals surface area contributed by atoms with Crippen LogP contribution in [0.2, 0.25) is 0 Å². The number of hydrogen-bond donors (Lipinski definition) is 1. The molecular weight excluding hydrogens is 288 g/mol. The molecule has 2 N–H and O–H groups in total. The largest absolute Gasteiger partial charge is 0.383 e. The second-order valence-corrected chi connectivity index (χ2v) is 5.39. The fraction of sp³-hybridized carbons (Fsp3) is 0.0833. The Bertz CT molecular complexity index is 919. The molecule has 0 saturated heterocycles. The summed E-state index contributed by atoms with van der Waals surface area (Å²) in [6, 6.07) is 3.77. The third kappa shape index (κ3) is 1.78. The fourth-order valence-corrected chi connectivity index (χ4v) is 2.87. The van der Waals surface area contributed by atoms with Crippen LogP contribution < -0.4 is 5.73 Å². The molecule has 0 fully saturated rings. The molecule has 0 aromatic carbocycles. The number of aromatic nitrogens is 7. The molecule has 0 amide bonds. The zero-order valence-corrected chi connectivity index (χ0v) is 11.8. The molecule has 4 heterocycles. The maximum Gasteiger partial charge on any atom is 0.235 e. The van der Waals surface area contributed by atoms with Crippen molar-refractivity contribution in [3.8, 4) is 22.0 Å². The van der Waals surface area contributed by atoms with E-state index in [9.17, 15) is 0 Å². The molecule has 0 unspecified atom stereocenters. The van der Waals surface area contributed by atoms with E-state index < -0.39 is 0 Å². The van der Waals surface area contributed by atoms with Gasteiger partial charge in [0.15, 0.2) is 10.8 Å². The van der Waals surface area contributed by atoms with Crippen molar-refractivity contribution >= 4 is 22.1 Å². The molecule has 9 heteroatoms. The van der Waals surface area contributed by atoms with Gasteiger partial charge in [-0.3, -0.25) is 9.67 Å². The maximum absolute atomic E-state index is 5.99. The monoisotopic (exact) mass is 298 g/mol. The van der Waals surface area contributed by atoms with Crippen LogP contribution in [0, 0.1) is 0 Å². The van der Waals surface area contributed by atoms with Crippen molar-refractivity contribution in [2.24, 2.45) is 7.05 Å². The summed E-state index contributed by atoms with van der Waals surface area (Å²) < 4.78 is 3.31. The van der Waals surface area contributed by atoms with E-state index >= 15 is 0 Å². The number of fused-ring (bicyclic) bond motifs is 1. The predicted molar refractivity (Wildman–Crippen MR) is 78.5 cm³/mol. The summed E-state index contributed by atoms with van der Waals surface area (Å²) >= 11 is 1.42. The number of nitrogen functional groups attached to an aromatic ring is 1. The van der Waals surface area contributed by atoms with Crippen molar-refractivity contribution in [1.82, 2.24) is 34.6 Å². The minimum Gasteiger partial charge on any atom is -0.383 e. The van der Waals surface area contributed by atoms with Crippen molar-refractivity contribution in [2.75, 3.05) is 5.73 Å². The molecule has 21 heavy (non-hydrogen) atoms. The average molecular weight is 298 g/mol. The van der Waals surface area contributed by atoms with Gasteiger partial charge in [0.2, 0.25) is 4.96 Å². The summed E-state index contributed by atoms with van der Waals surface area (Å²) in [7, 11) is 1.79. The Morgan fingerprint density at radius 2 is 2.14 bits per heavy atom. The highest BCUT2D eigenvalue weighted by Crippen LogP contribution is 2.30. The summed E-state index contributed by atoms with van der Waals surface area (Å²) in [5.41, 5.74) is 7.64. The van der Waals surface area contributed by atoms with Crippen molar-refractivity contribution < 1.29 is 0 Å². The predicted octanol–water partition coefficient (Wildman–Crippen LogP) is 1.23. The molecule has 0 atom stereocenters. The molecule has 104 valence electrons. The summed E-state index contributed by atoms with van der Waals surface area (Å²) in [4.78, 5) is 4.79. The first-order chi connectivity index (χ1) is 10.2. The molecule has 0 bridgehead atoms. The van der Waals surface area contributed by atoms with Gasteiger partial charge in [-0.05, 0) is 12.1 Å². The zero-order valence-electron chi connectivity index (χ0n) is 11.0. The average Bonchev–Trinajstić information content (AvgIpc) is 3.15. The van der Waals surface area contributed by atoms with Crippen molar-refractivity contribution in [3.63, 3.8) is 0 Å². The van der Waals surface area contributed by atoms with E-state index in [4.69, 9.17) is 5.73 Å². The molecular formula is C12H10N8S. The standard InChI is InChI=1S/C12H10N8S/c1-19-9(13)8(6-15-19)11-18-20-10(16-17-12(20)21-11)7-3-2-4-14-5-7/h2-6H,13H2,1H3. The second-order valence-electron chi connectivity index (χ2n) is 4.43. The molecule has 0 aliphatic heterocycles. The minimum absolute atomic E-state index is 0.572. The van der Waals surface area contributed by atoms with Crippen LogP contribution >= 0.6 is 11.3 Å². The van der Waals surface area contributed by atoms with Crippen LogP contribution in [0.3, 0.4) is 0 Å². The summed E-state index contributed by atoms with van der Waals surface area (Å²) in [5.74, 6) is 1.23.